The molecule has 10 nitrogen and oxygen atoms in total. The number of aryl methyl sites for hydroxylation is 1. The van der Waals surface area contributed by atoms with Gasteiger partial charge in [0.1, 0.15) is 18.0 Å². The maximum absolute atomic E-state index is 12.1. The monoisotopic (exact) mass is 547 g/mol. The highest BCUT2D eigenvalue weighted by Crippen LogP contribution is 2.40. The van der Waals surface area contributed by atoms with Gasteiger partial charge in [-0.3, -0.25) is 10.1 Å². The minimum atomic E-state index is -0.334. The number of likely N-dealkylation sites (tertiary alicyclic amines) is 1. The molecule has 1 unspecified atom stereocenters. The van der Waals surface area contributed by atoms with E-state index >= 15 is 0 Å². The summed E-state index contributed by atoms with van der Waals surface area (Å²) in [6.45, 7) is 5.05. The first-order valence-electron chi connectivity index (χ1n) is 13.0. The Morgan fingerprint density at radius 1 is 1.31 bits per heavy atom. The van der Waals surface area contributed by atoms with Gasteiger partial charge in [0.05, 0.1) is 39.6 Å². The number of para-hydroxylation sites is 1. The van der Waals surface area contributed by atoms with E-state index in [-0.39, 0.29) is 10.6 Å². The zero-order chi connectivity index (χ0) is 27.3. The zero-order valence-electron chi connectivity index (χ0n) is 22.1. The highest BCUT2D eigenvalue weighted by Gasteiger charge is 2.26. The van der Waals surface area contributed by atoms with Crippen molar-refractivity contribution in [2.75, 3.05) is 44.0 Å². The third kappa shape index (κ3) is 4.63. The quantitative estimate of drug-likeness (QED) is 0.234. The second-order valence-electron chi connectivity index (χ2n) is 10.3. The maximum Gasteiger partial charge on any atom is 0.294 e. The third-order valence-corrected chi connectivity index (χ3v) is 8.06. The number of aromatic nitrogens is 3. The number of nitro benzene ring substituents is 1. The molecule has 1 saturated heterocycles. The minimum absolute atomic E-state index is 0.0365. The topological polar surface area (TPSA) is 102 Å². The Morgan fingerprint density at radius 3 is 2.92 bits per heavy atom. The van der Waals surface area contributed by atoms with Gasteiger partial charge in [-0.05, 0) is 51.1 Å². The number of hydrogen-bond donors (Lipinski definition) is 1. The molecule has 0 bridgehead atoms. The van der Waals surface area contributed by atoms with E-state index in [1.165, 1.54) is 0 Å². The summed E-state index contributed by atoms with van der Waals surface area (Å²) in [7, 11) is 4.02. The van der Waals surface area contributed by atoms with E-state index in [2.05, 4.69) is 26.8 Å². The van der Waals surface area contributed by atoms with Crippen LogP contribution in [0.5, 0.6) is 5.75 Å². The molecule has 2 aromatic carbocycles. The van der Waals surface area contributed by atoms with Crippen LogP contribution >= 0.6 is 11.6 Å². The van der Waals surface area contributed by atoms with Gasteiger partial charge < -0.3 is 24.4 Å². The van der Waals surface area contributed by atoms with Gasteiger partial charge in [0, 0.05) is 42.8 Å². The van der Waals surface area contributed by atoms with Gasteiger partial charge >= 0.3 is 0 Å². The molecule has 4 heterocycles. The molecule has 1 fully saturated rings. The lowest BCUT2D eigenvalue weighted by atomic mass is 10.1. The third-order valence-electron chi connectivity index (χ3n) is 7.78. The molecular formula is C28H30ClN7O3. The number of nitro groups is 1. The number of nitrogens with zero attached hydrogens (tertiary/aromatic N) is 6. The normalized spacial score (nSPS) is 16.9. The minimum Gasteiger partial charge on any atom is -0.490 e. The van der Waals surface area contributed by atoms with E-state index in [0.717, 1.165) is 60.3 Å². The Morgan fingerprint density at radius 2 is 2.15 bits per heavy atom. The van der Waals surface area contributed by atoms with Crippen LogP contribution in [0.15, 0.2) is 42.7 Å². The van der Waals surface area contributed by atoms with Crippen LogP contribution in [0.1, 0.15) is 18.4 Å². The first-order chi connectivity index (χ1) is 18.8. The van der Waals surface area contributed by atoms with Crippen molar-refractivity contribution in [3.8, 4) is 17.0 Å². The summed E-state index contributed by atoms with van der Waals surface area (Å²) in [5.41, 5.74) is 4.53. The molecule has 6 rings (SSSR count). The van der Waals surface area contributed by atoms with Crippen LogP contribution < -0.4 is 15.0 Å². The van der Waals surface area contributed by atoms with Gasteiger partial charge in [-0.25, -0.2) is 9.97 Å². The lowest BCUT2D eigenvalue weighted by Gasteiger charge is -2.27. The second kappa shape index (κ2) is 10.0. The standard InChI is InChI=1S/C28H30ClN7O3/c1-17-12-23(34(3)15-18-6-5-9-33(18)2)24(36(37)38)13-22(17)31-28-30-14-21(29)26(32-28)20-16-35-10-11-39-25-8-4-7-19(20)27(25)35/h4,7-8,12-14,16,18H,5-6,9-11,15H2,1-3H3,(H,30,31,32). The van der Waals surface area contributed by atoms with Crippen LogP contribution in [0.3, 0.4) is 0 Å². The van der Waals surface area contributed by atoms with Gasteiger partial charge in [0.25, 0.3) is 5.69 Å². The second-order valence-corrected chi connectivity index (χ2v) is 10.7. The summed E-state index contributed by atoms with van der Waals surface area (Å²) in [6.07, 6.45) is 5.84. The molecule has 0 aliphatic carbocycles. The number of nitrogens with one attached hydrogen (secondary N) is 1. The molecule has 1 N–H and O–H groups in total. The largest absolute Gasteiger partial charge is 0.490 e. The molecule has 39 heavy (non-hydrogen) atoms. The predicted molar refractivity (Wildman–Crippen MR) is 154 cm³/mol. The Hall–Kier alpha value is -3.89. The fourth-order valence-corrected chi connectivity index (χ4v) is 5.88. The molecule has 0 spiro atoms. The van der Waals surface area contributed by atoms with Crippen LogP contribution in [-0.2, 0) is 6.54 Å². The Labute approximate surface area is 231 Å². The van der Waals surface area contributed by atoms with Crippen molar-refractivity contribution in [1.29, 1.82) is 0 Å². The highest BCUT2D eigenvalue weighted by molar-refractivity contribution is 6.33. The molecule has 0 amide bonds. The smallest absolute Gasteiger partial charge is 0.294 e. The zero-order valence-corrected chi connectivity index (χ0v) is 22.9. The van der Waals surface area contributed by atoms with Crippen LogP contribution in [-0.4, -0.2) is 64.2 Å². The Balaban J connectivity index is 1.33. The van der Waals surface area contributed by atoms with E-state index in [9.17, 15) is 10.1 Å². The molecule has 2 aliphatic rings. The molecular weight excluding hydrogens is 518 g/mol. The Bertz CT molecular complexity index is 1590. The van der Waals surface area contributed by atoms with E-state index in [0.29, 0.717) is 40.7 Å². The van der Waals surface area contributed by atoms with Crippen LogP contribution in [0.25, 0.3) is 22.2 Å². The van der Waals surface area contributed by atoms with Gasteiger partial charge in [0.2, 0.25) is 5.95 Å². The van der Waals surface area contributed by atoms with Gasteiger partial charge in [-0.1, -0.05) is 23.7 Å². The molecule has 4 aromatic rings. The van der Waals surface area contributed by atoms with Crippen molar-refractivity contribution < 1.29 is 9.66 Å². The number of ether oxygens (including phenoxy) is 1. The van der Waals surface area contributed by atoms with Gasteiger partial charge in [0.15, 0.2) is 0 Å². The van der Waals surface area contributed by atoms with Crippen LogP contribution in [0, 0.1) is 17.0 Å². The first kappa shape index (κ1) is 25.4. The van der Waals surface area contributed by atoms with Gasteiger partial charge in [-0.2, -0.15) is 0 Å². The molecule has 202 valence electrons. The highest BCUT2D eigenvalue weighted by atomic mass is 35.5. The van der Waals surface area contributed by atoms with Crippen molar-refractivity contribution in [1.82, 2.24) is 19.4 Å². The van der Waals surface area contributed by atoms with Crippen LogP contribution in [0.4, 0.5) is 23.0 Å². The molecule has 2 aromatic heterocycles. The number of anilines is 3. The molecule has 11 heteroatoms. The Kier molecular flexibility index (Phi) is 6.52. The van der Waals surface area contributed by atoms with Crippen LogP contribution in [0.2, 0.25) is 5.02 Å². The van der Waals surface area contributed by atoms with Crippen molar-refractivity contribution in [2.45, 2.75) is 32.4 Å². The number of halogens is 1. The fourth-order valence-electron chi connectivity index (χ4n) is 5.69. The summed E-state index contributed by atoms with van der Waals surface area (Å²) in [4.78, 5) is 25.2. The van der Waals surface area contributed by atoms with Crippen molar-refractivity contribution in [3.05, 3.63) is 63.4 Å². The predicted octanol–water partition coefficient (Wildman–Crippen LogP) is 5.63. The number of hydrogen-bond acceptors (Lipinski definition) is 8. The first-order valence-corrected chi connectivity index (χ1v) is 13.4. The summed E-state index contributed by atoms with van der Waals surface area (Å²) in [5, 5.41) is 16.7. The van der Waals surface area contributed by atoms with E-state index in [1.54, 1.807) is 12.3 Å². The van der Waals surface area contributed by atoms with Gasteiger partial charge in [-0.15, -0.1) is 0 Å². The van der Waals surface area contributed by atoms with E-state index in [4.69, 9.17) is 21.3 Å². The molecule has 1 atom stereocenters. The van der Waals surface area contributed by atoms with E-state index in [1.807, 2.05) is 49.3 Å². The van der Waals surface area contributed by atoms with E-state index < -0.39 is 0 Å². The van der Waals surface area contributed by atoms with Crippen molar-refractivity contribution >= 4 is 45.5 Å². The lowest BCUT2D eigenvalue weighted by molar-refractivity contribution is -0.384. The summed E-state index contributed by atoms with van der Waals surface area (Å²) >= 11 is 6.58. The summed E-state index contributed by atoms with van der Waals surface area (Å²) < 4.78 is 7.98. The average Bonchev–Trinajstić information content (AvgIpc) is 3.50. The number of likely N-dealkylation sites (N-methyl/N-ethyl adjacent to an activating group) is 2. The molecule has 0 saturated carbocycles. The summed E-state index contributed by atoms with van der Waals surface area (Å²) in [5.74, 6) is 1.14. The molecule has 0 radical (unpaired) electrons. The number of benzene rings is 2. The fraction of sp³-hybridized carbons (Fsp3) is 0.357. The van der Waals surface area contributed by atoms with Crippen molar-refractivity contribution in [3.63, 3.8) is 0 Å². The number of rotatable bonds is 7. The lowest BCUT2D eigenvalue weighted by Crippen LogP contribution is -2.36. The SMILES string of the molecule is Cc1cc(N(C)CC2CCCN2C)c([N+](=O)[O-])cc1Nc1ncc(Cl)c(-c2cn3c4c(cccc24)OCC3)n1. The average molecular weight is 548 g/mol. The molecule has 2 aliphatic heterocycles. The summed E-state index contributed by atoms with van der Waals surface area (Å²) in [6, 6.07) is 9.74. The maximum atomic E-state index is 12.1. The van der Waals surface area contributed by atoms with Crippen molar-refractivity contribution in [2.24, 2.45) is 0 Å².